The molecule has 31 heavy (non-hydrogen) atoms. The van der Waals surface area contributed by atoms with Crippen LogP contribution in [0, 0.1) is 0 Å². The summed E-state index contributed by atoms with van der Waals surface area (Å²) < 4.78 is 30.2. The summed E-state index contributed by atoms with van der Waals surface area (Å²) in [5, 5.41) is 0. The number of hydrogen-bond acceptors (Lipinski definition) is 3. The van der Waals surface area contributed by atoms with Crippen LogP contribution < -0.4 is 0 Å². The van der Waals surface area contributed by atoms with Crippen molar-refractivity contribution in [3.63, 3.8) is 0 Å². The Morgan fingerprint density at radius 1 is 0.613 bits per heavy atom. The summed E-state index contributed by atoms with van der Waals surface area (Å²) in [5.74, 6) is 0. The molecule has 0 amide bonds. The Hall–Kier alpha value is -0.390. The average Bonchev–Trinajstić information content (AvgIpc) is 2.75. The van der Waals surface area contributed by atoms with E-state index in [1.165, 1.54) is 103 Å². The second-order valence-electron chi connectivity index (χ2n) is 8.74. The molecule has 0 saturated heterocycles. The lowest BCUT2D eigenvalue weighted by Crippen LogP contribution is -2.07. The van der Waals surface area contributed by atoms with E-state index in [9.17, 15) is 8.42 Å². The van der Waals surface area contributed by atoms with Crippen molar-refractivity contribution in [2.75, 3.05) is 6.61 Å². The molecular formula is C26H45BrO3S. The zero-order valence-corrected chi connectivity index (χ0v) is 22.2. The molecule has 0 unspecified atom stereocenters. The zero-order chi connectivity index (χ0) is 22.6. The minimum Gasteiger partial charge on any atom is -0.266 e. The van der Waals surface area contributed by atoms with E-state index in [2.05, 4.69) is 22.9 Å². The summed E-state index contributed by atoms with van der Waals surface area (Å²) >= 11 is 3.31. The molecule has 0 atom stereocenters. The summed E-state index contributed by atoms with van der Waals surface area (Å²) in [5.41, 5.74) is 0. The molecule has 180 valence electrons. The summed E-state index contributed by atoms with van der Waals surface area (Å²) in [6.07, 6.45) is 23.8. The third-order valence-corrected chi connectivity index (χ3v) is 7.69. The first-order chi connectivity index (χ1) is 15.1. The molecule has 0 aromatic heterocycles. The van der Waals surface area contributed by atoms with Crippen LogP contribution >= 0.6 is 15.9 Å². The largest absolute Gasteiger partial charge is 0.296 e. The number of rotatable bonds is 21. The average molecular weight is 518 g/mol. The van der Waals surface area contributed by atoms with Gasteiger partial charge in [-0.2, -0.15) is 8.42 Å². The van der Waals surface area contributed by atoms with Gasteiger partial charge in [0, 0.05) is 4.47 Å². The third kappa shape index (κ3) is 16.0. The van der Waals surface area contributed by atoms with Crippen LogP contribution in [0.2, 0.25) is 0 Å². The molecule has 5 heteroatoms. The molecular weight excluding hydrogens is 472 g/mol. The van der Waals surface area contributed by atoms with Crippen molar-refractivity contribution in [3.8, 4) is 0 Å². The monoisotopic (exact) mass is 516 g/mol. The minimum absolute atomic E-state index is 0.220. The van der Waals surface area contributed by atoms with E-state index in [-0.39, 0.29) is 11.5 Å². The van der Waals surface area contributed by atoms with Crippen molar-refractivity contribution in [1.29, 1.82) is 0 Å². The highest BCUT2D eigenvalue weighted by Crippen LogP contribution is 2.18. The van der Waals surface area contributed by atoms with E-state index in [4.69, 9.17) is 4.18 Å². The van der Waals surface area contributed by atoms with Gasteiger partial charge in [0.25, 0.3) is 10.1 Å². The Bertz CT molecular complexity index is 629. The van der Waals surface area contributed by atoms with E-state index in [0.29, 0.717) is 0 Å². The molecule has 0 aliphatic heterocycles. The van der Waals surface area contributed by atoms with Crippen LogP contribution in [0.1, 0.15) is 122 Å². The fraction of sp³-hybridized carbons (Fsp3) is 0.769. The second-order valence-corrected chi connectivity index (χ2v) is 11.3. The predicted octanol–water partition coefficient (Wildman–Crippen LogP) is 9.20. The predicted molar refractivity (Wildman–Crippen MR) is 136 cm³/mol. The van der Waals surface area contributed by atoms with E-state index in [0.717, 1.165) is 17.3 Å². The van der Waals surface area contributed by atoms with E-state index < -0.39 is 10.1 Å². The van der Waals surface area contributed by atoms with Crippen molar-refractivity contribution in [2.45, 2.75) is 127 Å². The van der Waals surface area contributed by atoms with Gasteiger partial charge < -0.3 is 0 Å². The molecule has 0 aliphatic carbocycles. The van der Waals surface area contributed by atoms with Crippen molar-refractivity contribution >= 4 is 26.0 Å². The molecule has 1 aromatic rings. The molecule has 0 aliphatic rings. The van der Waals surface area contributed by atoms with Crippen molar-refractivity contribution in [2.24, 2.45) is 0 Å². The Labute approximate surface area is 201 Å². The Kier molecular flexibility index (Phi) is 17.7. The molecule has 0 fully saturated rings. The van der Waals surface area contributed by atoms with Crippen molar-refractivity contribution in [3.05, 3.63) is 28.7 Å². The summed E-state index contributed by atoms with van der Waals surface area (Å²) in [6.45, 7) is 2.55. The van der Waals surface area contributed by atoms with Gasteiger partial charge in [-0.15, -0.1) is 0 Å². The minimum atomic E-state index is -3.62. The maximum Gasteiger partial charge on any atom is 0.296 e. The molecule has 0 radical (unpaired) electrons. The molecule has 3 nitrogen and oxygen atoms in total. The highest BCUT2D eigenvalue weighted by molar-refractivity contribution is 9.10. The summed E-state index contributed by atoms with van der Waals surface area (Å²) in [6, 6.07) is 6.56. The van der Waals surface area contributed by atoms with Gasteiger partial charge in [0.15, 0.2) is 0 Å². The molecule has 0 heterocycles. The van der Waals surface area contributed by atoms with Crippen LogP contribution in [0.5, 0.6) is 0 Å². The van der Waals surface area contributed by atoms with Gasteiger partial charge in [0.1, 0.15) is 0 Å². The third-order valence-electron chi connectivity index (χ3n) is 5.84. The van der Waals surface area contributed by atoms with E-state index in [1.807, 2.05) is 0 Å². The van der Waals surface area contributed by atoms with Gasteiger partial charge in [0.2, 0.25) is 0 Å². The smallest absolute Gasteiger partial charge is 0.266 e. The van der Waals surface area contributed by atoms with Crippen LogP contribution in [0.25, 0.3) is 0 Å². The van der Waals surface area contributed by atoms with Crippen LogP contribution in [0.3, 0.4) is 0 Å². The van der Waals surface area contributed by atoms with Crippen molar-refractivity contribution in [1.82, 2.24) is 0 Å². The van der Waals surface area contributed by atoms with Crippen molar-refractivity contribution < 1.29 is 12.6 Å². The normalized spacial score (nSPS) is 11.8. The van der Waals surface area contributed by atoms with E-state index in [1.54, 1.807) is 24.3 Å². The summed E-state index contributed by atoms with van der Waals surface area (Å²) in [7, 11) is -3.62. The Morgan fingerprint density at radius 3 is 1.35 bits per heavy atom. The number of hydrogen-bond donors (Lipinski definition) is 0. The van der Waals surface area contributed by atoms with Crippen LogP contribution in [0.15, 0.2) is 33.6 Å². The molecule has 1 aromatic carbocycles. The molecule has 0 N–H and O–H groups in total. The number of halogens is 1. The van der Waals surface area contributed by atoms with Gasteiger partial charge in [-0.3, -0.25) is 4.18 Å². The van der Waals surface area contributed by atoms with Crippen LogP contribution in [-0.4, -0.2) is 15.0 Å². The van der Waals surface area contributed by atoms with E-state index >= 15 is 0 Å². The maximum absolute atomic E-state index is 12.1. The first-order valence-corrected chi connectivity index (χ1v) is 14.9. The van der Waals surface area contributed by atoms with Gasteiger partial charge in [-0.05, 0) is 30.7 Å². The quantitative estimate of drug-likeness (QED) is 0.121. The lowest BCUT2D eigenvalue weighted by molar-refractivity contribution is 0.306. The van der Waals surface area contributed by atoms with Gasteiger partial charge in [-0.25, -0.2) is 0 Å². The standard InChI is InChI=1S/C26H45BrO3S/c1-2-3-4-5-6-7-8-9-10-11-12-13-14-15-16-17-18-19-24-30-31(28,29)26-22-20-25(27)21-23-26/h20-23H,2-19,24H2,1H3. The first-order valence-electron chi connectivity index (χ1n) is 12.7. The van der Waals surface area contributed by atoms with Gasteiger partial charge >= 0.3 is 0 Å². The lowest BCUT2D eigenvalue weighted by atomic mass is 10.0. The highest BCUT2D eigenvalue weighted by atomic mass is 79.9. The highest BCUT2D eigenvalue weighted by Gasteiger charge is 2.14. The fourth-order valence-electron chi connectivity index (χ4n) is 3.84. The lowest BCUT2D eigenvalue weighted by Gasteiger charge is -2.06. The Balaban J connectivity index is 1.82. The number of unbranched alkanes of at least 4 members (excludes halogenated alkanes) is 17. The summed E-state index contributed by atoms with van der Waals surface area (Å²) in [4.78, 5) is 0.220. The van der Waals surface area contributed by atoms with Crippen LogP contribution in [-0.2, 0) is 14.3 Å². The Morgan fingerprint density at radius 2 is 0.968 bits per heavy atom. The molecule has 0 saturated carbocycles. The zero-order valence-electron chi connectivity index (χ0n) is 19.8. The fourth-order valence-corrected chi connectivity index (χ4v) is 5.05. The molecule has 0 bridgehead atoms. The number of benzene rings is 1. The van der Waals surface area contributed by atoms with Crippen LogP contribution in [0.4, 0.5) is 0 Å². The maximum atomic E-state index is 12.1. The topological polar surface area (TPSA) is 43.4 Å². The van der Waals surface area contributed by atoms with Gasteiger partial charge in [0.05, 0.1) is 11.5 Å². The first kappa shape index (κ1) is 28.6. The molecule has 1 rings (SSSR count). The second kappa shape index (κ2) is 19.1. The van der Waals surface area contributed by atoms with Gasteiger partial charge in [-0.1, -0.05) is 132 Å². The SMILES string of the molecule is CCCCCCCCCCCCCCCCCCCCOS(=O)(=O)c1ccc(Br)cc1. The molecule has 0 spiro atoms.